The van der Waals surface area contributed by atoms with Crippen LogP contribution in [0.15, 0.2) is 61.1 Å². The number of aromatic hydroxyl groups is 1. The Balaban J connectivity index is 1.40. The lowest BCUT2D eigenvalue weighted by Crippen LogP contribution is -2.49. The van der Waals surface area contributed by atoms with E-state index in [1.54, 1.807) is 25.5 Å². The number of hydrogen-bond donors (Lipinski definition) is 2. The Morgan fingerprint density at radius 2 is 1.89 bits per heavy atom. The average Bonchev–Trinajstić information content (AvgIpc) is 2.86. The van der Waals surface area contributed by atoms with E-state index in [9.17, 15) is 9.90 Å². The monoisotopic (exact) mass is 477 g/mol. The predicted octanol–water partition coefficient (Wildman–Crippen LogP) is 4.55. The molecular weight excluding hydrogens is 442 g/mol. The van der Waals surface area contributed by atoms with Crippen LogP contribution in [-0.2, 0) is 9.53 Å². The van der Waals surface area contributed by atoms with Crippen molar-refractivity contribution >= 4 is 11.7 Å². The molecule has 0 saturated carbocycles. The van der Waals surface area contributed by atoms with Crippen LogP contribution in [0, 0.1) is 0 Å². The zero-order valence-electron chi connectivity index (χ0n) is 20.7. The number of benzene rings is 2. The maximum Gasteiger partial charge on any atom is 0.234 e. The topological polar surface area (TPSA) is 74.3 Å². The molecule has 0 aromatic heterocycles. The molecule has 0 radical (unpaired) electrons. The van der Waals surface area contributed by atoms with Gasteiger partial charge in [-0.2, -0.15) is 0 Å². The number of phenols is 1. The van der Waals surface area contributed by atoms with Gasteiger partial charge in [0, 0.05) is 48.7 Å². The molecule has 7 nitrogen and oxygen atoms in total. The van der Waals surface area contributed by atoms with Crippen molar-refractivity contribution in [3.63, 3.8) is 0 Å². The number of carbonyl (C=O) groups is 1. The Bertz CT molecular complexity index is 1070. The molecule has 2 heterocycles. The van der Waals surface area contributed by atoms with Gasteiger partial charge in [0.1, 0.15) is 17.8 Å². The van der Waals surface area contributed by atoms with Crippen LogP contribution >= 0.6 is 0 Å². The quantitative estimate of drug-likeness (QED) is 0.581. The molecule has 2 atom stereocenters. The second-order valence-electron chi connectivity index (χ2n) is 9.21. The minimum atomic E-state index is 0.0572. The second-order valence-corrected chi connectivity index (χ2v) is 9.21. The van der Waals surface area contributed by atoms with E-state index in [1.165, 1.54) is 6.42 Å². The van der Waals surface area contributed by atoms with E-state index in [2.05, 4.69) is 24.1 Å². The van der Waals surface area contributed by atoms with E-state index in [4.69, 9.17) is 9.47 Å². The van der Waals surface area contributed by atoms with Gasteiger partial charge in [-0.15, -0.1) is 0 Å². The van der Waals surface area contributed by atoms with Crippen LogP contribution in [0.4, 0.5) is 0 Å². The molecule has 0 aliphatic carbocycles. The van der Waals surface area contributed by atoms with Crippen LogP contribution in [0.2, 0.25) is 0 Å². The number of likely N-dealkylation sites (tertiary alicyclic amines) is 1. The zero-order valence-corrected chi connectivity index (χ0v) is 20.7. The number of methoxy groups -OCH3 is 1. The molecular formula is C28H35N3O4. The summed E-state index contributed by atoms with van der Waals surface area (Å²) in [5, 5.41) is 13.7. The number of nitrogens with one attached hydrogen (secondary N) is 1. The van der Waals surface area contributed by atoms with E-state index in [0.29, 0.717) is 43.0 Å². The summed E-state index contributed by atoms with van der Waals surface area (Å²) in [7, 11) is 1.62. The lowest BCUT2D eigenvalue weighted by molar-refractivity contribution is -0.123. The number of amides is 1. The molecule has 4 rings (SSSR count). The van der Waals surface area contributed by atoms with Gasteiger partial charge in [0.05, 0.1) is 13.7 Å². The van der Waals surface area contributed by atoms with Crippen LogP contribution in [0.3, 0.4) is 0 Å². The van der Waals surface area contributed by atoms with Crippen LogP contribution in [0.1, 0.15) is 38.7 Å². The summed E-state index contributed by atoms with van der Waals surface area (Å²) in [6.45, 7) is 5.98. The lowest BCUT2D eigenvalue weighted by atomic mass is 9.97. The van der Waals surface area contributed by atoms with Gasteiger partial charge >= 0.3 is 0 Å². The van der Waals surface area contributed by atoms with Crippen molar-refractivity contribution in [1.29, 1.82) is 0 Å². The van der Waals surface area contributed by atoms with Crippen molar-refractivity contribution in [2.45, 2.75) is 45.2 Å². The fourth-order valence-electron chi connectivity index (χ4n) is 4.82. The second kappa shape index (κ2) is 11.3. The minimum absolute atomic E-state index is 0.0572. The minimum Gasteiger partial charge on any atom is -0.507 e. The van der Waals surface area contributed by atoms with E-state index in [0.717, 1.165) is 29.7 Å². The predicted molar refractivity (Wildman–Crippen MR) is 137 cm³/mol. The highest BCUT2D eigenvalue weighted by atomic mass is 16.5. The fraction of sp³-hybridized carbons (Fsp3) is 0.393. The molecule has 2 aliphatic heterocycles. The normalized spacial score (nSPS) is 20.2. The molecule has 186 valence electrons. The van der Waals surface area contributed by atoms with Crippen LogP contribution < -0.4 is 10.1 Å². The Kier molecular flexibility index (Phi) is 7.98. The number of ether oxygens (including phenoxy) is 2. The molecule has 1 fully saturated rings. The van der Waals surface area contributed by atoms with Crippen molar-refractivity contribution in [2.24, 2.45) is 0 Å². The summed E-state index contributed by atoms with van der Waals surface area (Å²) in [6.07, 6.45) is 8.88. The maximum atomic E-state index is 12.5. The van der Waals surface area contributed by atoms with Gasteiger partial charge in [-0.25, -0.2) is 0 Å². The zero-order chi connectivity index (χ0) is 24.8. The van der Waals surface area contributed by atoms with Crippen LogP contribution in [-0.4, -0.2) is 59.6 Å². The molecule has 7 heteroatoms. The Hall–Kier alpha value is -3.45. The summed E-state index contributed by atoms with van der Waals surface area (Å²) in [5.74, 6) is 1.60. The maximum absolute atomic E-state index is 12.5. The first-order chi connectivity index (χ1) is 17.0. The highest BCUT2D eigenvalue weighted by molar-refractivity contribution is 5.83. The molecule has 2 aromatic rings. The Morgan fingerprint density at radius 1 is 1.14 bits per heavy atom. The van der Waals surface area contributed by atoms with Gasteiger partial charge in [-0.05, 0) is 50.5 Å². The number of nitrogens with zero attached hydrogens (tertiary/aromatic N) is 2. The first kappa shape index (κ1) is 24.7. The lowest BCUT2D eigenvalue weighted by Gasteiger charge is -2.38. The summed E-state index contributed by atoms with van der Waals surface area (Å²) in [6, 6.07) is 13.8. The molecule has 2 aromatic carbocycles. The highest BCUT2D eigenvalue weighted by Crippen LogP contribution is 2.38. The SMILES string of the molecule is COc1ccc(-c2c(O)cccc2C2=CN(CCNC(=O)CN3C(C)CCCC3C)C=CO2)cc1. The summed E-state index contributed by atoms with van der Waals surface area (Å²) >= 11 is 0. The summed E-state index contributed by atoms with van der Waals surface area (Å²) < 4.78 is 11.1. The van der Waals surface area contributed by atoms with Gasteiger partial charge in [0.25, 0.3) is 0 Å². The van der Waals surface area contributed by atoms with E-state index >= 15 is 0 Å². The van der Waals surface area contributed by atoms with Crippen LogP contribution in [0.25, 0.3) is 16.9 Å². The first-order valence-electron chi connectivity index (χ1n) is 12.3. The summed E-state index contributed by atoms with van der Waals surface area (Å²) in [5.41, 5.74) is 2.33. The van der Waals surface area contributed by atoms with Gasteiger partial charge in [0.2, 0.25) is 5.91 Å². The molecule has 0 spiro atoms. The number of piperidine rings is 1. The number of phenolic OH excluding ortho intramolecular Hbond substituents is 1. The average molecular weight is 478 g/mol. The smallest absolute Gasteiger partial charge is 0.234 e. The van der Waals surface area contributed by atoms with Crippen molar-refractivity contribution in [1.82, 2.24) is 15.1 Å². The Morgan fingerprint density at radius 3 is 2.60 bits per heavy atom. The van der Waals surface area contributed by atoms with Crippen molar-refractivity contribution < 1.29 is 19.4 Å². The van der Waals surface area contributed by atoms with E-state index in [-0.39, 0.29) is 11.7 Å². The third-order valence-electron chi connectivity index (χ3n) is 6.81. The first-order valence-corrected chi connectivity index (χ1v) is 12.3. The van der Waals surface area contributed by atoms with Gasteiger partial charge in [-0.1, -0.05) is 30.7 Å². The largest absolute Gasteiger partial charge is 0.507 e. The number of hydrogen-bond acceptors (Lipinski definition) is 6. The molecule has 35 heavy (non-hydrogen) atoms. The van der Waals surface area contributed by atoms with Crippen LogP contribution in [0.5, 0.6) is 11.5 Å². The van der Waals surface area contributed by atoms with Crippen molar-refractivity contribution in [3.8, 4) is 22.6 Å². The van der Waals surface area contributed by atoms with E-state index < -0.39 is 0 Å². The molecule has 2 unspecified atom stereocenters. The fourth-order valence-corrected chi connectivity index (χ4v) is 4.82. The number of carbonyl (C=O) groups excluding carboxylic acids is 1. The molecule has 0 bridgehead atoms. The van der Waals surface area contributed by atoms with E-state index in [1.807, 2.05) is 47.6 Å². The molecule has 1 amide bonds. The molecule has 2 aliphatic rings. The van der Waals surface area contributed by atoms with Crippen molar-refractivity contribution in [3.05, 3.63) is 66.7 Å². The third-order valence-corrected chi connectivity index (χ3v) is 6.81. The van der Waals surface area contributed by atoms with Gasteiger partial charge in [0.15, 0.2) is 5.76 Å². The summed E-state index contributed by atoms with van der Waals surface area (Å²) in [4.78, 5) is 16.8. The van der Waals surface area contributed by atoms with Gasteiger partial charge in [-0.3, -0.25) is 9.69 Å². The standard InChI is InChI=1S/C28H35N3O4/c1-20-6-4-7-21(2)31(20)19-27(33)29-14-15-30-16-17-35-26(18-30)24-8-5-9-25(32)28(24)22-10-12-23(34-3)13-11-22/h5,8-13,16-18,20-21,32H,4,6-7,14-15,19H2,1-3H3,(H,29,33). The number of rotatable bonds is 8. The van der Waals surface area contributed by atoms with Crippen molar-refractivity contribution in [2.75, 3.05) is 26.7 Å². The highest BCUT2D eigenvalue weighted by Gasteiger charge is 2.26. The van der Waals surface area contributed by atoms with Gasteiger partial charge < -0.3 is 24.8 Å². The molecule has 1 saturated heterocycles. The Labute approximate surface area is 207 Å². The third kappa shape index (κ3) is 5.98. The molecule has 2 N–H and O–H groups in total.